The van der Waals surface area contributed by atoms with Crippen molar-refractivity contribution in [2.45, 2.75) is 17.9 Å². The first-order valence-electron chi connectivity index (χ1n) is 3.00. The molecule has 1 saturated heterocycles. The quantitative estimate of drug-likeness (QED) is 0.306. The van der Waals surface area contributed by atoms with Gasteiger partial charge in [0.2, 0.25) is 0 Å². The van der Waals surface area contributed by atoms with Gasteiger partial charge in [-0.2, -0.15) is 0 Å². The van der Waals surface area contributed by atoms with Crippen LogP contribution in [-0.2, 0) is 4.74 Å². The molecule has 1 heterocycles. The fourth-order valence-electron chi connectivity index (χ4n) is 0.888. The first kappa shape index (κ1) is 7.90. The van der Waals surface area contributed by atoms with Gasteiger partial charge in [-0.05, 0) is 0 Å². The first-order valence-corrected chi connectivity index (χ1v) is 3.00. The Balaban J connectivity index is 2.64. The van der Waals surface area contributed by atoms with Crippen molar-refractivity contribution in [2.24, 2.45) is 5.73 Å². The van der Waals surface area contributed by atoms with E-state index in [2.05, 4.69) is 0 Å². The van der Waals surface area contributed by atoms with Gasteiger partial charge in [0.1, 0.15) is 12.2 Å². The number of rotatable bonds is 1. The van der Waals surface area contributed by atoms with E-state index in [1.165, 1.54) is 0 Å². The maximum atomic E-state index is 9.17. The predicted molar refractivity (Wildman–Crippen MR) is 32.0 cm³/mol. The lowest BCUT2D eigenvalue weighted by molar-refractivity contribution is -0.0877. The second kappa shape index (κ2) is 2.44. The van der Waals surface area contributed by atoms with Gasteiger partial charge in [0, 0.05) is 0 Å². The van der Waals surface area contributed by atoms with Crippen LogP contribution in [-0.4, -0.2) is 46.5 Å². The highest BCUT2D eigenvalue weighted by molar-refractivity contribution is 4.93. The van der Waals surface area contributed by atoms with Gasteiger partial charge in [0.15, 0.2) is 5.72 Å². The highest BCUT2D eigenvalue weighted by Crippen LogP contribution is 2.20. The van der Waals surface area contributed by atoms with Crippen LogP contribution in [0.5, 0.6) is 0 Å². The van der Waals surface area contributed by atoms with E-state index in [-0.39, 0.29) is 13.2 Å². The molecule has 10 heavy (non-hydrogen) atoms. The van der Waals surface area contributed by atoms with Gasteiger partial charge < -0.3 is 20.1 Å². The van der Waals surface area contributed by atoms with Crippen molar-refractivity contribution in [1.29, 1.82) is 0 Å². The molecule has 1 aliphatic rings. The van der Waals surface area contributed by atoms with Gasteiger partial charge in [-0.25, -0.2) is 0 Å². The average Bonchev–Trinajstić information content (AvgIpc) is 2.10. The molecule has 0 aromatic carbocycles. The summed E-state index contributed by atoms with van der Waals surface area (Å²) >= 11 is 0. The minimum Gasteiger partial charge on any atom is -0.393 e. The van der Waals surface area contributed by atoms with Crippen molar-refractivity contribution in [1.82, 2.24) is 0 Å². The summed E-state index contributed by atoms with van der Waals surface area (Å²) in [7, 11) is 0. The second-order valence-electron chi connectivity index (χ2n) is 2.41. The van der Waals surface area contributed by atoms with E-state index in [1.807, 2.05) is 0 Å². The van der Waals surface area contributed by atoms with E-state index >= 15 is 0 Å². The molecule has 0 bridgehead atoms. The number of hydrogen-bond donors (Lipinski definition) is 4. The number of aliphatic hydroxyl groups excluding tert-OH is 2. The van der Waals surface area contributed by atoms with E-state index in [0.717, 1.165) is 0 Å². The van der Waals surface area contributed by atoms with Gasteiger partial charge in [0.25, 0.3) is 0 Å². The van der Waals surface area contributed by atoms with Crippen molar-refractivity contribution >= 4 is 0 Å². The largest absolute Gasteiger partial charge is 0.393 e. The fraction of sp³-hybridized carbons (Fsp3) is 1.00. The Morgan fingerprint density at radius 1 is 1.70 bits per heavy atom. The topological polar surface area (TPSA) is 95.9 Å². The van der Waals surface area contributed by atoms with Gasteiger partial charge in [0.05, 0.1) is 13.2 Å². The smallest absolute Gasteiger partial charge is 0.170 e. The summed E-state index contributed by atoms with van der Waals surface area (Å²) in [5.41, 5.74) is 3.40. The van der Waals surface area contributed by atoms with Crippen LogP contribution in [0.25, 0.3) is 0 Å². The molecule has 0 aromatic rings. The summed E-state index contributed by atoms with van der Waals surface area (Å²) in [4.78, 5) is 0. The number of nitrogens with two attached hydrogens (primary N) is 1. The highest BCUT2D eigenvalue weighted by Gasteiger charge is 2.46. The molecule has 5 heteroatoms. The molecule has 0 unspecified atom stereocenters. The molecule has 5 N–H and O–H groups in total. The van der Waals surface area contributed by atoms with E-state index in [1.54, 1.807) is 0 Å². The zero-order chi connectivity index (χ0) is 7.78. The van der Waals surface area contributed by atoms with Crippen LogP contribution in [0.2, 0.25) is 0 Å². The summed E-state index contributed by atoms with van der Waals surface area (Å²) in [6, 6.07) is 0. The molecule has 1 aliphatic heterocycles. The fourth-order valence-corrected chi connectivity index (χ4v) is 0.888. The van der Waals surface area contributed by atoms with E-state index in [9.17, 15) is 0 Å². The summed E-state index contributed by atoms with van der Waals surface area (Å²) in [5.74, 6) is 0. The van der Waals surface area contributed by atoms with Crippen LogP contribution in [0.15, 0.2) is 0 Å². The number of ether oxygens (including phenoxy) is 1. The normalized spacial score (nSPS) is 48.0. The first-order chi connectivity index (χ1) is 4.59. The lowest BCUT2D eigenvalue weighted by Crippen LogP contribution is -2.56. The van der Waals surface area contributed by atoms with Gasteiger partial charge in [-0.1, -0.05) is 0 Å². The van der Waals surface area contributed by atoms with Crippen molar-refractivity contribution in [3.8, 4) is 0 Å². The molecule has 60 valence electrons. The Labute approximate surface area is 58.0 Å². The van der Waals surface area contributed by atoms with Crippen LogP contribution in [0.3, 0.4) is 0 Å². The third kappa shape index (κ3) is 1.02. The molecule has 0 aromatic heterocycles. The van der Waals surface area contributed by atoms with Crippen LogP contribution in [0, 0.1) is 0 Å². The molecule has 1 fully saturated rings. The predicted octanol–water partition coefficient (Wildman–Crippen LogP) is -2.61. The van der Waals surface area contributed by atoms with E-state index < -0.39 is 17.9 Å². The summed E-state index contributed by atoms with van der Waals surface area (Å²) in [5, 5.41) is 26.7. The molecule has 5 nitrogen and oxygen atoms in total. The molecular weight excluding hydrogens is 138 g/mol. The van der Waals surface area contributed by atoms with Crippen LogP contribution >= 0.6 is 0 Å². The maximum absolute atomic E-state index is 9.17. The maximum Gasteiger partial charge on any atom is 0.170 e. The third-order valence-electron chi connectivity index (χ3n) is 1.67. The minimum atomic E-state index is -1.80. The lowest BCUT2D eigenvalue weighted by atomic mass is 10.1. The van der Waals surface area contributed by atoms with Gasteiger partial charge in [-0.15, -0.1) is 0 Å². The number of aliphatic hydroxyl groups is 3. The average molecular weight is 149 g/mol. The molecule has 3 atom stereocenters. The molecular formula is C5H11NO4. The Bertz CT molecular complexity index is 127. The third-order valence-corrected chi connectivity index (χ3v) is 1.67. The zero-order valence-electron chi connectivity index (χ0n) is 5.40. The molecule has 0 spiro atoms. The van der Waals surface area contributed by atoms with Gasteiger partial charge in [-0.3, -0.25) is 5.73 Å². The van der Waals surface area contributed by atoms with E-state index in [4.69, 9.17) is 25.8 Å². The van der Waals surface area contributed by atoms with Crippen LogP contribution in [0.1, 0.15) is 0 Å². The standard InChI is InChI=1S/C5H11NO4/c6-5(9)3(8)2-10-4(5)1-7/h3-4,7-9H,1-2,6H2/t3-,4+,5-/m0/s1. The Morgan fingerprint density at radius 2 is 2.30 bits per heavy atom. The van der Waals surface area contributed by atoms with Crippen molar-refractivity contribution in [2.75, 3.05) is 13.2 Å². The lowest BCUT2D eigenvalue weighted by Gasteiger charge is -2.24. The SMILES string of the molecule is N[C@]1(O)[C@@H](O)CO[C@@H]1CO. The minimum absolute atomic E-state index is 0.0295. The molecule has 0 saturated carbocycles. The van der Waals surface area contributed by atoms with Crippen molar-refractivity contribution in [3.63, 3.8) is 0 Å². The summed E-state index contributed by atoms with van der Waals surface area (Å²) in [6.07, 6.45) is -1.98. The summed E-state index contributed by atoms with van der Waals surface area (Å²) in [6.45, 7) is -0.414. The van der Waals surface area contributed by atoms with Crippen LogP contribution < -0.4 is 5.73 Å². The Hall–Kier alpha value is -0.200. The Kier molecular flexibility index (Phi) is 1.93. The Morgan fingerprint density at radius 3 is 2.50 bits per heavy atom. The van der Waals surface area contributed by atoms with Crippen LogP contribution in [0.4, 0.5) is 0 Å². The monoisotopic (exact) mass is 149 g/mol. The van der Waals surface area contributed by atoms with Crippen molar-refractivity contribution < 1.29 is 20.1 Å². The van der Waals surface area contributed by atoms with Gasteiger partial charge >= 0.3 is 0 Å². The second-order valence-corrected chi connectivity index (χ2v) is 2.41. The molecule has 0 aliphatic carbocycles. The summed E-state index contributed by atoms with van der Waals surface area (Å²) < 4.78 is 4.75. The molecule has 1 rings (SSSR count). The zero-order valence-corrected chi connectivity index (χ0v) is 5.40. The van der Waals surface area contributed by atoms with Crippen molar-refractivity contribution in [3.05, 3.63) is 0 Å². The molecule has 0 radical (unpaired) electrons. The number of hydrogen-bond acceptors (Lipinski definition) is 5. The highest BCUT2D eigenvalue weighted by atomic mass is 16.5. The van der Waals surface area contributed by atoms with E-state index in [0.29, 0.717) is 0 Å². The molecule has 0 amide bonds.